The van der Waals surface area contributed by atoms with Crippen molar-refractivity contribution in [1.82, 2.24) is 0 Å². The van der Waals surface area contributed by atoms with Gasteiger partial charge in [-0.15, -0.1) is 0 Å². The summed E-state index contributed by atoms with van der Waals surface area (Å²) in [7, 11) is 0. The smallest absolute Gasteiger partial charge is 0.309 e. The summed E-state index contributed by atoms with van der Waals surface area (Å²) in [6.45, 7) is 3.80. The second-order valence-electron chi connectivity index (χ2n) is 7.72. The second-order valence-corrected chi connectivity index (χ2v) is 7.72. The number of aliphatic hydroxyl groups is 1. The summed E-state index contributed by atoms with van der Waals surface area (Å²) < 4.78 is 9.97. The van der Waals surface area contributed by atoms with E-state index in [1.807, 2.05) is 24.3 Å². The monoisotopic (exact) mass is 484 g/mol. The summed E-state index contributed by atoms with van der Waals surface area (Å²) in [4.78, 5) is 23.3. The maximum absolute atomic E-state index is 11.7. The van der Waals surface area contributed by atoms with Crippen LogP contribution in [0.4, 0.5) is 0 Å². The van der Waals surface area contributed by atoms with Gasteiger partial charge in [0, 0.05) is 0 Å². The molecule has 0 bridgehead atoms. The molecule has 0 aliphatic heterocycles. The zero-order chi connectivity index (χ0) is 25.8. The van der Waals surface area contributed by atoms with Crippen molar-refractivity contribution in [3.63, 3.8) is 0 Å². The molecule has 0 saturated heterocycles. The summed E-state index contributed by atoms with van der Waals surface area (Å²) in [5, 5.41) is 9.80. The van der Waals surface area contributed by atoms with Crippen molar-refractivity contribution in [2.24, 2.45) is 0 Å². The number of carbonyl (C=O) groups excluding carboxylic acids is 2. The van der Waals surface area contributed by atoms with Gasteiger partial charge in [0.1, 0.15) is 19.3 Å². The Morgan fingerprint density at radius 1 is 0.543 bits per heavy atom. The van der Waals surface area contributed by atoms with Gasteiger partial charge >= 0.3 is 11.9 Å². The van der Waals surface area contributed by atoms with Crippen molar-refractivity contribution in [1.29, 1.82) is 0 Å². The van der Waals surface area contributed by atoms with Crippen LogP contribution >= 0.6 is 0 Å². The van der Waals surface area contributed by atoms with Gasteiger partial charge in [0.05, 0.1) is 12.8 Å². The van der Waals surface area contributed by atoms with Crippen LogP contribution in [0.15, 0.2) is 85.1 Å². The van der Waals surface area contributed by atoms with E-state index in [0.717, 1.165) is 44.9 Å². The Bertz CT molecular complexity index is 738. The number of aliphatic hydroxyl groups excluding tert-OH is 1. The lowest BCUT2D eigenvalue weighted by Gasteiger charge is -2.11. The van der Waals surface area contributed by atoms with Crippen molar-refractivity contribution < 1.29 is 24.2 Å². The van der Waals surface area contributed by atoms with Crippen molar-refractivity contribution in [2.75, 3.05) is 13.2 Å². The van der Waals surface area contributed by atoms with Crippen molar-refractivity contribution >= 4 is 11.9 Å². The van der Waals surface area contributed by atoms with Gasteiger partial charge in [0.2, 0.25) is 0 Å². The lowest BCUT2D eigenvalue weighted by molar-refractivity contribution is -0.151. The fraction of sp³-hybridized carbons (Fsp3) is 0.467. The van der Waals surface area contributed by atoms with E-state index in [4.69, 9.17) is 9.47 Å². The fourth-order valence-electron chi connectivity index (χ4n) is 2.59. The largest absolute Gasteiger partial charge is 0.463 e. The predicted octanol–water partition coefficient (Wildman–Crippen LogP) is 6.88. The van der Waals surface area contributed by atoms with Crippen LogP contribution in [0.2, 0.25) is 0 Å². The first-order valence-electron chi connectivity index (χ1n) is 12.6. The van der Waals surface area contributed by atoms with Gasteiger partial charge in [-0.05, 0) is 44.9 Å². The van der Waals surface area contributed by atoms with E-state index in [0.29, 0.717) is 0 Å². The number of carbonyl (C=O) groups is 2. The molecule has 0 aliphatic rings. The summed E-state index contributed by atoms with van der Waals surface area (Å²) in [5.41, 5.74) is 0. The van der Waals surface area contributed by atoms with Gasteiger partial charge in [-0.1, -0.05) is 98.9 Å². The Hall–Kier alpha value is -2.92. The van der Waals surface area contributed by atoms with Gasteiger partial charge in [-0.25, -0.2) is 0 Å². The minimum absolute atomic E-state index is 0.136. The molecule has 5 heteroatoms. The molecular weight excluding hydrogens is 440 g/mol. The summed E-state index contributed by atoms with van der Waals surface area (Å²) in [6.07, 6.45) is 34.1. The molecule has 35 heavy (non-hydrogen) atoms. The lowest BCUT2D eigenvalue weighted by atomic mass is 10.2. The van der Waals surface area contributed by atoms with Crippen molar-refractivity contribution in [3.8, 4) is 0 Å². The third-order valence-electron chi connectivity index (χ3n) is 4.44. The Morgan fingerprint density at radius 2 is 0.829 bits per heavy atom. The third kappa shape index (κ3) is 25.5. The van der Waals surface area contributed by atoms with Crippen LogP contribution in [0.25, 0.3) is 0 Å². The van der Waals surface area contributed by atoms with Gasteiger partial charge in [-0.2, -0.15) is 0 Å². The molecule has 0 aliphatic carbocycles. The first-order valence-corrected chi connectivity index (χ1v) is 12.6. The zero-order valence-corrected chi connectivity index (χ0v) is 21.5. The highest BCUT2D eigenvalue weighted by molar-refractivity contribution is 5.71. The average Bonchev–Trinajstić information content (AvgIpc) is 2.85. The molecule has 194 valence electrons. The quantitative estimate of drug-likeness (QED) is 0.151. The Morgan fingerprint density at radius 3 is 1.14 bits per heavy atom. The molecule has 1 N–H and O–H groups in total. The SMILES string of the molecule is CC/C=C\C/C=C\C/C=C\C/C=C\C/C=C\CC(=O)OCC(O)COC(=O)C/C=C\C/C=C\CC. The molecule has 0 saturated carbocycles. The van der Waals surface area contributed by atoms with E-state index < -0.39 is 18.0 Å². The molecule has 0 heterocycles. The molecule has 0 aromatic carbocycles. The minimum atomic E-state index is -1.03. The summed E-state index contributed by atoms with van der Waals surface area (Å²) in [5.74, 6) is -0.857. The highest BCUT2D eigenvalue weighted by atomic mass is 16.6. The van der Waals surface area contributed by atoms with E-state index in [1.165, 1.54) is 0 Å². The Labute approximate surface area is 212 Å². The highest BCUT2D eigenvalue weighted by Gasteiger charge is 2.10. The van der Waals surface area contributed by atoms with Crippen LogP contribution in [0.1, 0.15) is 71.6 Å². The van der Waals surface area contributed by atoms with Gasteiger partial charge in [0.15, 0.2) is 0 Å². The van der Waals surface area contributed by atoms with Crippen LogP contribution in [-0.2, 0) is 19.1 Å². The molecule has 5 nitrogen and oxygen atoms in total. The molecule has 0 aromatic rings. The number of allylic oxidation sites excluding steroid dienone is 12. The highest BCUT2D eigenvalue weighted by Crippen LogP contribution is 1.99. The Balaban J connectivity index is 3.77. The average molecular weight is 485 g/mol. The van der Waals surface area contributed by atoms with E-state index in [1.54, 1.807) is 12.2 Å². The van der Waals surface area contributed by atoms with E-state index in [9.17, 15) is 14.7 Å². The molecule has 0 amide bonds. The maximum atomic E-state index is 11.7. The standard InChI is InChI=1S/C30H44O5/c1-3-5-7-9-11-12-13-14-15-16-17-18-19-21-23-25-30(33)35-27-28(31)26-34-29(32)24-22-20-10-8-6-4-2/h5-8,11-12,14-15,17-18,20-23,28,31H,3-4,9-10,13,16,19,24-27H2,1-2H3/b7-5-,8-6-,12-11-,15-14-,18-17-,22-20-,23-21-. The number of ether oxygens (including phenoxy) is 2. The molecular formula is C30H44O5. The van der Waals surface area contributed by atoms with Gasteiger partial charge in [0.25, 0.3) is 0 Å². The van der Waals surface area contributed by atoms with Crippen LogP contribution in [0.3, 0.4) is 0 Å². The molecule has 0 spiro atoms. The first kappa shape index (κ1) is 32.1. The van der Waals surface area contributed by atoms with E-state index in [2.05, 4.69) is 62.5 Å². The van der Waals surface area contributed by atoms with Crippen molar-refractivity contribution in [2.45, 2.75) is 77.7 Å². The second kappa shape index (κ2) is 25.7. The number of esters is 2. The first-order chi connectivity index (χ1) is 17.1. The van der Waals surface area contributed by atoms with Gasteiger partial charge < -0.3 is 14.6 Å². The van der Waals surface area contributed by atoms with Crippen LogP contribution in [0.5, 0.6) is 0 Å². The maximum Gasteiger partial charge on any atom is 0.309 e. The van der Waals surface area contributed by atoms with Crippen molar-refractivity contribution in [3.05, 3.63) is 85.1 Å². The fourth-order valence-corrected chi connectivity index (χ4v) is 2.59. The van der Waals surface area contributed by atoms with E-state index in [-0.39, 0.29) is 26.1 Å². The van der Waals surface area contributed by atoms with Crippen LogP contribution in [0, 0.1) is 0 Å². The normalized spacial score (nSPS) is 13.6. The number of hydrogen-bond donors (Lipinski definition) is 1. The number of rotatable bonds is 20. The van der Waals surface area contributed by atoms with Crippen LogP contribution in [-0.4, -0.2) is 36.4 Å². The molecule has 0 fully saturated rings. The zero-order valence-electron chi connectivity index (χ0n) is 21.5. The third-order valence-corrected chi connectivity index (χ3v) is 4.44. The molecule has 1 unspecified atom stereocenters. The summed E-state index contributed by atoms with van der Waals surface area (Å²) in [6, 6.07) is 0. The molecule has 1 atom stereocenters. The van der Waals surface area contributed by atoms with Crippen LogP contribution < -0.4 is 0 Å². The van der Waals surface area contributed by atoms with E-state index >= 15 is 0 Å². The Kier molecular flexibility index (Phi) is 23.6. The lowest BCUT2D eigenvalue weighted by Crippen LogP contribution is -2.25. The minimum Gasteiger partial charge on any atom is -0.463 e. The predicted molar refractivity (Wildman–Crippen MR) is 145 cm³/mol. The number of hydrogen-bond acceptors (Lipinski definition) is 5. The van der Waals surface area contributed by atoms with Gasteiger partial charge in [-0.3, -0.25) is 9.59 Å². The molecule has 0 aromatic heterocycles. The molecule has 0 rings (SSSR count). The molecule has 0 radical (unpaired) electrons. The topological polar surface area (TPSA) is 72.8 Å². The summed E-state index contributed by atoms with van der Waals surface area (Å²) >= 11 is 0.